The summed E-state index contributed by atoms with van der Waals surface area (Å²) in [4.78, 5) is 61.9. The molecule has 0 spiro atoms. The number of hydrogen-bond acceptors (Lipinski definition) is 9. The van der Waals surface area contributed by atoms with E-state index in [-0.39, 0.29) is 30.9 Å². The van der Waals surface area contributed by atoms with Crippen LogP contribution in [0.5, 0.6) is 0 Å². The second kappa shape index (κ2) is 18.4. The number of carbonyl (C=O) groups excluding carboxylic acids is 4. The van der Waals surface area contributed by atoms with E-state index in [9.17, 15) is 29.4 Å². The number of benzene rings is 1. The molecule has 1 aromatic heterocycles. The summed E-state index contributed by atoms with van der Waals surface area (Å²) >= 11 is 0. The molecule has 1 aliphatic heterocycles. The maximum absolute atomic E-state index is 14.4. The van der Waals surface area contributed by atoms with Crippen LogP contribution in [0.2, 0.25) is 0 Å². The van der Waals surface area contributed by atoms with Gasteiger partial charge in [-0.05, 0) is 68.1 Å². The van der Waals surface area contributed by atoms with E-state index in [2.05, 4.69) is 21.0 Å². The van der Waals surface area contributed by atoms with Gasteiger partial charge in [0.2, 0.25) is 5.91 Å². The number of nitrogens with zero attached hydrogens (tertiary/aromatic N) is 4. The van der Waals surface area contributed by atoms with Crippen LogP contribution >= 0.6 is 0 Å². The van der Waals surface area contributed by atoms with Crippen LogP contribution in [0.1, 0.15) is 84.7 Å². The van der Waals surface area contributed by atoms with Crippen molar-refractivity contribution in [2.75, 3.05) is 33.3 Å². The van der Waals surface area contributed by atoms with Gasteiger partial charge in [-0.2, -0.15) is 0 Å². The Balaban J connectivity index is 1.54. The van der Waals surface area contributed by atoms with Crippen molar-refractivity contribution in [3.63, 3.8) is 0 Å². The maximum atomic E-state index is 14.4. The normalized spacial score (nSPS) is 17.8. The number of hydrogen-bond donors (Lipinski definition) is 5. The van der Waals surface area contributed by atoms with Crippen molar-refractivity contribution in [3.05, 3.63) is 65.5 Å². The molecule has 1 saturated carbocycles. The number of nitrogens with one attached hydrogen (secondary N) is 3. The zero-order valence-corrected chi connectivity index (χ0v) is 33.2. The Labute approximate surface area is 320 Å². The third-order valence-electron chi connectivity index (χ3n) is 10.2. The molecule has 5 atom stereocenters. The lowest BCUT2D eigenvalue weighted by molar-refractivity contribution is -0.132. The number of pyridine rings is 1. The molecule has 0 bridgehead atoms. The SMILES string of the molecule is CC[C@H](C)[C@@H](C(=O)N[C@@H](Cc1ccccc1)[C@@H](O)CN(CC1CC1)NC(=O)[C@@H](NC(=O)OC)C(C)(C)C)N1CCN(Cc2cccc(C(C)(C)O)n2)C1=O. The van der Waals surface area contributed by atoms with Crippen molar-refractivity contribution < 1.29 is 34.1 Å². The zero-order chi connectivity index (χ0) is 39.8. The van der Waals surface area contributed by atoms with E-state index < -0.39 is 47.2 Å². The Morgan fingerprint density at radius 1 is 1.00 bits per heavy atom. The molecule has 14 nitrogen and oxygen atoms in total. The summed E-state index contributed by atoms with van der Waals surface area (Å²) in [6.45, 7) is 14.2. The van der Waals surface area contributed by atoms with Crippen LogP contribution in [0.15, 0.2) is 48.5 Å². The molecule has 4 rings (SSSR count). The van der Waals surface area contributed by atoms with Gasteiger partial charge >= 0.3 is 12.1 Å². The molecule has 2 aliphatic rings. The number of aliphatic hydroxyl groups is 2. The lowest BCUT2D eigenvalue weighted by Crippen LogP contribution is -2.60. The Kier molecular flexibility index (Phi) is 14.5. The highest BCUT2D eigenvalue weighted by Crippen LogP contribution is 2.30. The van der Waals surface area contributed by atoms with Crippen LogP contribution in [0, 0.1) is 17.3 Å². The summed E-state index contributed by atoms with van der Waals surface area (Å²) in [5.41, 5.74) is 3.21. The molecule has 2 fully saturated rings. The number of urea groups is 1. The van der Waals surface area contributed by atoms with Gasteiger partial charge < -0.3 is 35.4 Å². The number of alkyl carbamates (subject to hydrolysis) is 1. The van der Waals surface area contributed by atoms with E-state index in [1.54, 1.807) is 40.8 Å². The fourth-order valence-electron chi connectivity index (χ4n) is 6.66. The van der Waals surface area contributed by atoms with Gasteiger partial charge in [-0.15, -0.1) is 0 Å². The minimum absolute atomic E-state index is 0.0102. The molecule has 1 aromatic carbocycles. The molecule has 1 saturated heterocycles. The average Bonchev–Trinajstić information content (AvgIpc) is 3.87. The smallest absolute Gasteiger partial charge is 0.407 e. The number of carbonyl (C=O) groups is 4. The predicted octanol–water partition coefficient (Wildman–Crippen LogP) is 3.56. The van der Waals surface area contributed by atoms with Crippen molar-refractivity contribution in [1.82, 2.24) is 35.9 Å². The van der Waals surface area contributed by atoms with Gasteiger partial charge in [0.05, 0.1) is 37.2 Å². The second-order valence-corrected chi connectivity index (χ2v) is 16.4. The molecular weight excluding hydrogens is 690 g/mol. The van der Waals surface area contributed by atoms with Gasteiger partial charge in [-0.1, -0.05) is 77.4 Å². The molecule has 0 radical (unpaired) electrons. The standard InChI is InChI=1S/C40H61N7O7/c1-9-26(2)33(47-21-20-45(38(47)52)24-29-16-13-17-32(41-29)40(6,7)53)35(49)42-30(22-27-14-11-10-12-15-27)31(48)25-46(23-28-18-19-28)44-36(50)34(39(3,4)5)43-37(51)54-8/h10-17,26,28,30-31,33-34,48,53H,9,18-25H2,1-8H3,(H,42,49)(H,43,51)(H,44,50)/t26-,30-,31-,33-,34+/m0/s1. The fraction of sp³-hybridized carbons (Fsp3) is 0.625. The van der Waals surface area contributed by atoms with Gasteiger partial charge in [0.1, 0.15) is 17.7 Å². The molecule has 2 aromatic rings. The minimum atomic E-state index is -1.13. The highest BCUT2D eigenvalue weighted by Gasteiger charge is 2.41. The molecular formula is C40H61N7O7. The van der Waals surface area contributed by atoms with Gasteiger partial charge in [0, 0.05) is 26.2 Å². The van der Waals surface area contributed by atoms with Crippen LogP contribution in [-0.4, -0.2) is 111 Å². The summed E-state index contributed by atoms with van der Waals surface area (Å²) in [5, 5.41) is 29.8. The number of methoxy groups -OCH3 is 1. The van der Waals surface area contributed by atoms with Gasteiger partial charge in [-0.3, -0.25) is 20.0 Å². The van der Waals surface area contributed by atoms with Crippen LogP contribution in [-0.2, 0) is 32.9 Å². The summed E-state index contributed by atoms with van der Waals surface area (Å²) in [5.74, 6) is -0.662. The van der Waals surface area contributed by atoms with E-state index in [1.165, 1.54) is 7.11 Å². The Bertz CT molecular complexity index is 1570. The number of amides is 5. The lowest BCUT2D eigenvalue weighted by atomic mass is 9.86. The summed E-state index contributed by atoms with van der Waals surface area (Å²) in [7, 11) is 1.24. The second-order valence-electron chi connectivity index (χ2n) is 16.4. The molecule has 54 heavy (non-hydrogen) atoms. The lowest BCUT2D eigenvalue weighted by Gasteiger charge is -2.36. The van der Waals surface area contributed by atoms with E-state index in [0.29, 0.717) is 49.8 Å². The first-order chi connectivity index (χ1) is 25.4. The summed E-state index contributed by atoms with van der Waals surface area (Å²) in [6.07, 6.45) is 1.09. The Hall–Kier alpha value is -4.27. The molecule has 0 unspecified atom stereocenters. The topological polar surface area (TPSA) is 177 Å². The van der Waals surface area contributed by atoms with Crippen molar-refractivity contribution in [3.8, 4) is 0 Å². The number of rotatable bonds is 18. The molecule has 5 N–H and O–H groups in total. The van der Waals surface area contributed by atoms with Crippen molar-refractivity contribution in [1.29, 1.82) is 0 Å². The number of ether oxygens (including phenoxy) is 1. The number of aliphatic hydroxyl groups excluding tert-OH is 1. The van der Waals surface area contributed by atoms with E-state index in [4.69, 9.17) is 4.74 Å². The van der Waals surface area contributed by atoms with Crippen LogP contribution in [0.3, 0.4) is 0 Å². The Morgan fingerprint density at radius 3 is 2.28 bits per heavy atom. The molecule has 14 heteroatoms. The van der Waals surface area contributed by atoms with Crippen LogP contribution in [0.4, 0.5) is 9.59 Å². The minimum Gasteiger partial charge on any atom is -0.453 e. The summed E-state index contributed by atoms with van der Waals surface area (Å²) < 4.78 is 4.77. The van der Waals surface area contributed by atoms with E-state index >= 15 is 0 Å². The number of aromatic nitrogens is 1. The quantitative estimate of drug-likeness (QED) is 0.143. The zero-order valence-electron chi connectivity index (χ0n) is 33.2. The van der Waals surface area contributed by atoms with E-state index in [0.717, 1.165) is 18.4 Å². The van der Waals surface area contributed by atoms with Gasteiger partial charge in [-0.25, -0.2) is 14.6 Å². The largest absolute Gasteiger partial charge is 0.453 e. The molecule has 2 heterocycles. The third kappa shape index (κ3) is 11.9. The van der Waals surface area contributed by atoms with Crippen molar-refractivity contribution in [2.45, 2.75) is 111 Å². The third-order valence-corrected chi connectivity index (χ3v) is 10.2. The van der Waals surface area contributed by atoms with Crippen molar-refractivity contribution >= 4 is 23.9 Å². The maximum Gasteiger partial charge on any atom is 0.407 e. The monoisotopic (exact) mass is 751 g/mol. The Morgan fingerprint density at radius 2 is 1.69 bits per heavy atom. The first-order valence-electron chi connectivity index (χ1n) is 19.1. The van der Waals surface area contributed by atoms with Crippen LogP contribution in [0.25, 0.3) is 0 Å². The van der Waals surface area contributed by atoms with Crippen LogP contribution < -0.4 is 16.1 Å². The molecule has 1 aliphatic carbocycles. The number of hydrazine groups is 1. The van der Waals surface area contributed by atoms with E-state index in [1.807, 2.05) is 71.0 Å². The first-order valence-corrected chi connectivity index (χ1v) is 19.1. The van der Waals surface area contributed by atoms with Gasteiger partial charge in [0.25, 0.3) is 5.91 Å². The highest BCUT2D eigenvalue weighted by molar-refractivity contribution is 5.88. The highest BCUT2D eigenvalue weighted by atomic mass is 16.5. The predicted molar refractivity (Wildman–Crippen MR) is 205 cm³/mol. The first kappa shape index (κ1) is 42.5. The average molecular weight is 752 g/mol. The molecule has 298 valence electrons. The summed E-state index contributed by atoms with van der Waals surface area (Å²) in [6, 6.07) is 12.1. The molecule has 5 amide bonds. The van der Waals surface area contributed by atoms with Crippen molar-refractivity contribution in [2.24, 2.45) is 17.3 Å². The van der Waals surface area contributed by atoms with Gasteiger partial charge in [0.15, 0.2) is 0 Å². The fourth-order valence-corrected chi connectivity index (χ4v) is 6.66.